The number of benzene rings is 2. The molecule has 0 saturated heterocycles. The number of hydrogen-bond donors (Lipinski definition) is 3. The molecule has 9 nitrogen and oxygen atoms in total. The van der Waals surface area contributed by atoms with Gasteiger partial charge in [-0.3, -0.25) is 9.48 Å². The number of hydrogen-bond acceptors (Lipinski definition) is 5. The van der Waals surface area contributed by atoms with Gasteiger partial charge in [-0.1, -0.05) is 54.6 Å². The molecular weight excluding hydrogens is 436 g/mol. The lowest BCUT2D eigenvalue weighted by Crippen LogP contribution is -2.34. The van der Waals surface area contributed by atoms with Crippen LogP contribution in [-0.2, 0) is 21.4 Å². The van der Waals surface area contributed by atoms with Gasteiger partial charge in [-0.2, -0.15) is 5.10 Å². The second kappa shape index (κ2) is 10.0. The van der Waals surface area contributed by atoms with Gasteiger partial charge in [0.1, 0.15) is 6.61 Å². The zero-order chi connectivity index (χ0) is 24.1. The third-order valence-electron chi connectivity index (χ3n) is 5.67. The molecule has 3 aromatic rings. The third-order valence-corrected chi connectivity index (χ3v) is 5.67. The molecule has 9 heteroatoms. The molecule has 1 aliphatic rings. The van der Waals surface area contributed by atoms with Crippen LogP contribution in [0.4, 0.5) is 4.79 Å². The molecule has 4 rings (SSSR count). The highest BCUT2D eigenvalue weighted by Gasteiger charge is 2.29. The summed E-state index contributed by atoms with van der Waals surface area (Å²) in [4.78, 5) is 35.8. The first-order chi connectivity index (χ1) is 16.5. The molecule has 0 aliphatic heterocycles. The van der Waals surface area contributed by atoms with E-state index in [-0.39, 0.29) is 19.1 Å². The Morgan fingerprint density at radius 1 is 1.09 bits per heavy atom. The van der Waals surface area contributed by atoms with E-state index in [0.29, 0.717) is 5.69 Å². The van der Waals surface area contributed by atoms with Crippen LogP contribution in [0.15, 0.2) is 72.9 Å². The van der Waals surface area contributed by atoms with E-state index >= 15 is 0 Å². The number of carbonyl (C=O) groups is 3. The van der Waals surface area contributed by atoms with Crippen molar-refractivity contribution >= 4 is 18.0 Å². The van der Waals surface area contributed by atoms with Gasteiger partial charge in [0.2, 0.25) is 5.91 Å². The molecular formula is C25H24N4O5. The van der Waals surface area contributed by atoms with Crippen LogP contribution in [0.1, 0.15) is 28.8 Å². The molecule has 1 unspecified atom stereocenters. The number of aliphatic carboxylic acids is 1. The predicted molar refractivity (Wildman–Crippen MR) is 124 cm³/mol. The summed E-state index contributed by atoms with van der Waals surface area (Å²) in [6, 6.07) is 16.4. The molecule has 2 aromatic carbocycles. The van der Waals surface area contributed by atoms with Gasteiger partial charge in [0.05, 0.1) is 5.69 Å². The van der Waals surface area contributed by atoms with Crippen LogP contribution in [0.3, 0.4) is 0 Å². The minimum absolute atomic E-state index is 0.0422. The summed E-state index contributed by atoms with van der Waals surface area (Å²) in [5, 5.41) is 18.3. The van der Waals surface area contributed by atoms with E-state index in [1.54, 1.807) is 7.05 Å². The van der Waals surface area contributed by atoms with Crippen molar-refractivity contribution in [1.29, 1.82) is 0 Å². The molecule has 0 radical (unpaired) electrons. The van der Waals surface area contributed by atoms with Crippen LogP contribution in [-0.4, -0.2) is 46.0 Å². The molecule has 34 heavy (non-hydrogen) atoms. The van der Waals surface area contributed by atoms with E-state index in [2.05, 4.69) is 27.9 Å². The van der Waals surface area contributed by atoms with E-state index in [1.165, 1.54) is 23.0 Å². The van der Waals surface area contributed by atoms with Gasteiger partial charge >= 0.3 is 12.1 Å². The standard InChI is InChI=1S/C25H24N4O5/c1-29-21(12-14-27-29)23(24(31)32)28-22(30)11-6-13-26-25(33)34-15-20-18-9-4-2-7-16(18)17-8-3-5-10-19(17)20/h2-12,14,20,23H,13,15H2,1H3,(H,26,33)(H,28,30)(H,31,32)/b11-6+. The quantitative estimate of drug-likeness (QED) is 0.444. The lowest BCUT2D eigenvalue weighted by molar-refractivity contribution is -0.141. The highest BCUT2D eigenvalue weighted by atomic mass is 16.5. The number of rotatable bonds is 8. The maximum atomic E-state index is 12.2. The minimum atomic E-state index is -1.24. The molecule has 174 valence electrons. The summed E-state index contributed by atoms with van der Waals surface area (Å²) in [5.74, 6) is -1.86. The highest BCUT2D eigenvalue weighted by molar-refractivity contribution is 5.91. The van der Waals surface area contributed by atoms with E-state index in [9.17, 15) is 19.5 Å². The molecule has 0 bridgehead atoms. The Labute approximate surface area is 196 Å². The van der Waals surface area contributed by atoms with Gasteiger partial charge in [0.25, 0.3) is 0 Å². The molecule has 2 amide bonds. The summed E-state index contributed by atoms with van der Waals surface area (Å²) >= 11 is 0. The first-order valence-electron chi connectivity index (χ1n) is 10.7. The smallest absolute Gasteiger partial charge is 0.407 e. The lowest BCUT2D eigenvalue weighted by Gasteiger charge is -2.14. The molecule has 1 atom stereocenters. The van der Waals surface area contributed by atoms with Crippen LogP contribution in [0.2, 0.25) is 0 Å². The number of ether oxygens (including phenoxy) is 1. The number of aryl methyl sites for hydroxylation is 1. The number of aromatic nitrogens is 2. The van der Waals surface area contributed by atoms with E-state index in [4.69, 9.17) is 4.74 Å². The van der Waals surface area contributed by atoms with Crippen LogP contribution >= 0.6 is 0 Å². The van der Waals surface area contributed by atoms with Crippen molar-refractivity contribution in [1.82, 2.24) is 20.4 Å². The topological polar surface area (TPSA) is 123 Å². The van der Waals surface area contributed by atoms with E-state index < -0.39 is 24.0 Å². The largest absolute Gasteiger partial charge is 0.479 e. The fourth-order valence-electron chi connectivity index (χ4n) is 4.08. The summed E-state index contributed by atoms with van der Waals surface area (Å²) < 4.78 is 6.81. The fourth-order valence-corrected chi connectivity index (χ4v) is 4.08. The number of nitrogens with zero attached hydrogens (tertiary/aromatic N) is 2. The molecule has 0 fully saturated rings. The Balaban J connectivity index is 1.27. The number of carboxylic acids is 1. The summed E-state index contributed by atoms with van der Waals surface area (Å²) in [6.45, 7) is 0.239. The number of nitrogens with one attached hydrogen (secondary N) is 2. The second-order valence-electron chi connectivity index (χ2n) is 7.77. The van der Waals surface area contributed by atoms with Crippen LogP contribution in [0.25, 0.3) is 11.1 Å². The Hall–Kier alpha value is -4.40. The van der Waals surface area contributed by atoms with Gasteiger partial charge in [-0.15, -0.1) is 0 Å². The number of amides is 2. The number of alkyl carbamates (subject to hydrolysis) is 1. The predicted octanol–water partition coefficient (Wildman–Crippen LogP) is 2.76. The summed E-state index contributed by atoms with van der Waals surface area (Å²) in [7, 11) is 1.59. The SMILES string of the molecule is Cn1nccc1C(NC(=O)/C=C/CNC(=O)OCC1c2ccccc2-c2ccccc21)C(=O)O. The van der Waals surface area contributed by atoms with Gasteiger partial charge in [-0.05, 0) is 28.3 Å². The lowest BCUT2D eigenvalue weighted by atomic mass is 9.98. The molecule has 1 aromatic heterocycles. The van der Waals surface area contributed by atoms with Crippen molar-refractivity contribution in [3.8, 4) is 11.1 Å². The first-order valence-corrected chi connectivity index (χ1v) is 10.7. The van der Waals surface area contributed by atoms with Crippen molar-refractivity contribution in [3.05, 3.63) is 89.8 Å². The second-order valence-corrected chi connectivity index (χ2v) is 7.77. The van der Waals surface area contributed by atoms with E-state index in [0.717, 1.165) is 28.3 Å². The van der Waals surface area contributed by atoms with Crippen LogP contribution in [0, 0.1) is 0 Å². The van der Waals surface area contributed by atoms with Crippen molar-refractivity contribution in [2.24, 2.45) is 7.05 Å². The number of carboxylic acid groups (broad SMARTS) is 1. The Kier molecular flexibility index (Phi) is 6.72. The summed E-state index contributed by atoms with van der Waals surface area (Å²) in [5.41, 5.74) is 4.87. The third kappa shape index (κ3) is 4.83. The summed E-state index contributed by atoms with van der Waals surface area (Å²) in [6.07, 6.45) is 3.42. The normalized spacial score (nSPS) is 13.2. The average Bonchev–Trinajstić information content (AvgIpc) is 3.40. The zero-order valence-electron chi connectivity index (χ0n) is 18.5. The monoisotopic (exact) mass is 460 g/mol. The Bertz CT molecular complexity index is 1200. The van der Waals surface area contributed by atoms with Crippen molar-refractivity contribution < 1.29 is 24.2 Å². The first kappa shape index (κ1) is 22.8. The molecule has 0 saturated carbocycles. The molecule has 3 N–H and O–H groups in total. The minimum Gasteiger partial charge on any atom is -0.479 e. The van der Waals surface area contributed by atoms with Gasteiger partial charge < -0.3 is 20.5 Å². The van der Waals surface area contributed by atoms with Crippen LogP contribution in [0.5, 0.6) is 0 Å². The van der Waals surface area contributed by atoms with Gasteiger partial charge in [0.15, 0.2) is 6.04 Å². The van der Waals surface area contributed by atoms with Crippen molar-refractivity contribution in [2.75, 3.05) is 13.2 Å². The maximum Gasteiger partial charge on any atom is 0.407 e. The maximum absolute atomic E-state index is 12.2. The highest BCUT2D eigenvalue weighted by Crippen LogP contribution is 2.44. The molecule has 1 heterocycles. The van der Waals surface area contributed by atoms with Crippen molar-refractivity contribution in [3.63, 3.8) is 0 Å². The molecule has 0 spiro atoms. The number of fused-ring (bicyclic) bond motifs is 3. The Morgan fingerprint density at radius 2 is 1.74 bits per heavy atom. The van der Waals surface area contributed by atoms with Gasteiger partial charge in [0, 0.05) is 31.8 Å². The van der Waals surface area contributed by atoms with Crippen LogP contribution < -0.4 is 10.6 Å². The Morgan fingerprint density at radius 3 is 2.32 bits per heavy atom. The number of carbonyl (C=O) groups excluding carboxylic acids is 2. The van der Waals surface area contributed by atoms with E-state index in [1.807, 2.05) is 36.4 Å². The molecule has 1 aliphatic carbocycles. The zero-order valence-corrected chi connectivity index (χ0v) is 18.5. The van der Waals surface area contributed by atoms with Gasteiger partial charge in [-0.25, -0.2) is 9.59 Å². The fraction of sp³-hybridized carbons (Fsp3) is 0.200. The average molecular weight is 460 g/mol. The van der Waals surface area contributed by atoms with Crippen molar-refractivity contribution in [2.45, 2.75) is 12.0 Å².